The lowest BCUT2D eigenvalue weighted by Crippen LogP contribution is -2.38. The summed E-state index contributed by atoms with van der Waals surface area (Å²) in [6.07, 6.45) is 6.87. The lowest BCUT2D eigenvalue weighted by atomic mass is 10.0. The highest BCUT2D eigenvalue weighted by Crippen LogP contribution is 2.24. The predicted octanol–water partition coefficient (Wildman–Crippen LogP) is 3.59. The van der Waals surface area contributed by atoms with Gasteiger partial charge in [-0.15, -0.1) is 0 Å². The SMILES string of the molecule is CCCC(C)C(=O)N1CCCC1CCCBr. The predicted molar refractivity (Wildman–Crippen MR) is 71.8 cm³/mol. The average Bonchev–Trinajstić information content (AvgIpc) is 2.73. The van der Waals surface area contributed by atoms with Crippen LogP contribution in [0.1, 0.15) is 52.4 Å². The van der Waals surface area contributed by atoms with Gasteiger partial charge in [0.15, 0.2) is 0 Å². The summed E-state index contributed by atoms with van der Waals surface area (Å²) in [5.41, 5.74) is 0. The summed E-state index contributed by atoms with van der Waals surface area (Å²) in [6, 6.07) is 0.518. The fraction of sp³-hybridized carbons (Fsp3) is 0.923. The van der Waals surface area contributed by atoms with E-state index in [4.69, 9.17) is 0 Å². The highest BCUT2D eigenvalue weighted by molar-refractivity contribution is 9.09. The molecular formula is C13H24BrNO. The van der Waals surface area contributed by atoms with Crippen LogP contribution in [0.2, 0.25) is 0 Å². The van der Waals surface area contributed by atoms with E-state index in [2.05, 4.69) is 34.7 Å². The van der Waals surface area contributed by atoms with E-state index in [0.29, 0.717) is 11.9 Å². The smallest absolute Gasteiger partial charge is 0.225 e. The molecule has 1 amide bonds. The maximum absolute atomic E-state index is 12.2. The molecule has 0 aromatic rings. The number of halogens is 1. The Hall–Kier alpha value is -0.0500. The summed E-state index contributed by atoms with van der Waals surface area (Å²) < 4.78 is 0. The van der Waals surface area contributed by atoms with Crippen molar-refractivity contribution in [2.45, 2.75) is 58.4 Å². The van der Waals surface area contributed by atoms with Crippen LogP contribution in [-0.2, 0) is 4.79 Å². The van der Waals surface area contributed by atoms with Gasteiger partial charge in [-0.25, -0.2) is 0 Å². The first-order chi connectivity index (χ1) is 7.70. The Morgan fingerprint density at radius 1 is 1.56 bits per heavy atom. The summed E-state index contributed by atoms with van der Waals surface area (Å²) in [5, 5.41) is 1.05. The Bertz CT molecular complexity index is 220. The summed E-state index contributed by atoms with van der Waals surface area (Å²) in [7, 11) is 0. The second-order valence-corrected chi connectivity index (χ2v) is 5.64. The van der Waals surface area contributed by atoms with Crippen LogP contribution in [0.15, 0.2) is 0 Å². The third-order valence-electron chi connectivity index (χ3n) is 3.47. The topological polar surface area (TPSA) is 20.3 Å². The van der Waals surface area contributed by atoms with Crippen molar-refractivity contribution in [1.29, 1.82) is 0 Å². The van der Waals surface area contributed by atoms with Crippen LogP contribution in [0.3, 0.4) is 0 Å². The molecule has 0 N–H and O–H groups in total. The first-order valence-corrected chi connectivity index (χ1v) is 7.69. The van der Waals surface area contributed by atoms with Crippen LogP contribution >= 0.6 is 15.9 Å². The lowest BCUT2D eigenvalue weighted by molar-refractivity contribution is -0.136. The van der Waals surface area contributed by atoms with E-state index in [1.54, 1.807) is 0 Å². The average molecular weight is 290 g/mol. The van der Waals surface area contributed by atoms with Gasteiger partial charge >= 0.3 is 0 Å². The van der Waals surface area contributed by atoms with Gasteiger partial charge in [0.2, 0.25) is 5.91 Å². The van der Waals surface area contributed by atoms with Crippen molar-refractivity contribution in [3.8, 4) is 0 Å². The highest BCUT2D eigenvalue weighted by atomic mass is 79.9. The maximum Gasteiger partial charge on any atom is 0.225 e. The third-order valence-corrected chi connectivity index (χ3v) is 4.04. The molecule has 16 heavy (non-hydrogen) atoms. The van der Waals surface area contributed by atoms with Gasteiger partial charge in [0.25, 0.3) is 0 Å². The minimum absolute atomic E-state index is 0.217. The van der Waals surface area contributed by atoms with E-state index >= 15 is 0 Å². The number of alkyl halides is 1. The van der Waals surface area contributed by atoms with E-state index in [9.17, 15) is 4.79 Å². The molecule has 2 unspecified atom stereocenters. The summed E-state index contributed by atoms with van der Waals surface area (Å²) in [6.45, 7) is 5.21. The summed E-state index contributed by atoms with van der Waals surface area (Å²) in [5.74, 6) is 0.605. The van der Waals surface area contributed by atoms with Crippen LogP contribution in [0.5, 0.6) is 0 Å². The zero-order chi connectivity index (χ0) is 12.0. The second kappa shape index (κ2) is 7.31. The molecule has 0 aromatic carbocycles. The van der Waals surface area contributed by atoms with E-state index in [0.717, 1.165) is 31.1 Å². The van der Waals surface area contributed by atoms with Gasteiger partial charge in [0.05, 0.1) is 0 Å². The molecule has 1 saturated heterocycles. The zero-order valence-corrected chi connectivity index (χ0v) is 12.1. The fourth-order valence-corrected chi connectivity index (χ4v) is 2.90. The van der Waals surface area contributed by atoms with Crippen molar-refractivity contribution in [1.82, 2.24) is 4.90 Å². The van der Waals surface area contributed by atoms with E-state index in [-0.39, 0.29) is 5.92 Å². The summed E-state index contributed by atoms with van der Waals surface area (Å²) in [4.78, 5) is 14.4. The Balaban J connectivity index is 2.46. The molecule has 1 aliphatic rings. The number of hydrogen-bond donors (Lipinski definition) is 0. The molecule has 1 heterocycles. The molecule has 0 aromatic heterocycles. The number of rotatable bonds is 6. The van der Waals surface area contributed by atoms with Crippen molar-refractivity contribution >= 4 is 21.8 Å². The number of amides is 1. The van der Waals surface area contributed by atoms with Crippen molar-refractivity contribution in [2.75, 3.05) is 11.9 Å². The minimum Gasteiger partial charge on any atom is -0.339 e. The zero-order valence-electron chi connectivity index (χ0n) is 10.5. The molecular weight excluding hydrogens is 266 g/mol. The van der Waals surface area contributed by atoms with Crippen LogP contribution in [0, 0.1) is 5.92 Å². The number of likely N-dealkylation sites (tertiary alicyclic amines) is 1. The Kier molecular flexibility index (Phi) is 6.40. The van der Waals surface area contributed by atoms with Crippen molar-refractivity contribution in [2.24, 2.45) is 5.92 Å². The molecule has 94 valence electrons. The molecule has 0 spiro atoms. The van der Waals surface area contributed by atoms with E-state index in [1.165, 1.54) is 19.3 Å². The molecule has 1 rings (SSSR count). The van der Waals surface area contributed by atoms with Crippen LogP contribution in [0.25, 0.3) is 0 Å². The van der Waals surface area contributed by atoms with Gasteiger partial charge in [-0.2, -0.15) is 0 Å². The van der Waals surface area contributed by atoms with E-state index < -0.39 is 0 Å². The number of carbonyl (C=O) groups is 1. The molecule has 1 fully saturated rings. The van der Waals surface area contributed by atoms with Crippen LogP contribution in [-0.4, -0.2) is 28.7 Å². The molecule has 0 aliphatic carbocycles. The largest absolute Gasteiger partial charge is 0.339 e. The maximum atomic E-state index is 12.2. The normalized spacial score (nSPS) is 22.4. The monoisotopic (exact) mass is 289 g/mol. The Labute approximate surface area is 108 Å². The molecule has 0 bridgehead atoms. The number of carbonyl (C=O) groups excluding carboxylic acids is 1. The van der Waals surface area contributed by atoms with Crippen molar-refractivity contribution < 1.29 is 4.79 Å². The fourth-order valence-electron chi connectivity index (χ4n) is 2.58. The number of nitrogens with zero attached hydrogens (tertiary/aromatic N) is 1. The standard InChI is InChI=1S/C13H24BrNO/c1-3-6-11(2)13(16)15-10-5-8-12(15)7-4-9-14/h11-12H,3-10H2,1-2H3. The van der Waals surface area contributed by atoms with Gasteiger partial charge in [0, 0.05) is 23.8 Å². The van der Waals surface area contributed by atoms with Crippen LogP contribution < -0.4 is 0 Å². The van der Waals surface area contributed by atoms with Crippen molar-refractivity contribution in [3.05, 3.63) is 0 Å². The third kappa shape index (κ3) is 3.76. The molecule has 2 atom stereocenters. The molecule has 2 nitrogen and oxygen atoms in total. The van der Waals surface area contributed by atoms with Crippen LogP contribution in [0.4, 0.5) is 0 Å². The van der Waals surface area contributed by atoms with Gasteiger partial charge < -0.3 is 4.90 Å². The lowest BCUT2D eigenvalue weighted by Gasteiger charge is -2.27. The van der Waals surface area contributed by atoms with Crippen molar-refractivity contribution in [3.63, 3.8) is 0 Å². The first kappa shape index (κ1) is 14.0. The Morgan fingerprint density at radius 3 is 2.94 bits per heavy atom. The van der Waals surface area contributed by atoms with E-state index in [1.807, 2.05) is 0 Å². The summed E-state index contributed by atoms with van der Waals surface area (Å²) >= 11 is 3.46. The Morgan fingerprint density at radius 2 is 2.31 bits per heavy atom. The van der Waals surface area contributed by atoms with Gasteiger partial charge in [0.1, 0.15) is 0 Å². The minimum atomic E-state index is 0.217. The number of hydrogen-bond acceptors (Lipinski definition) is 1. The second-order valence-electron chi connectivity index (χ2n) is 4.85. The quantitative estimate of drug-likeness (QED) is 0.685. The van der Waals surface area contributed by atoms with Gasteiger partial charge in [-0.1, -0.05) is 36.2 Å². The molecule has 1 aliphatic heterocycles. The highest BCUT2D eigenvalue weighted by Gasteiger charge is 2.30. The molecule has 0 saturated carbocycles. The first-order valence-electron chi connectivity index (χ1n) is 6.57. The molecule has 3 heteroatoms. The van der Waals surface area contributed by atoms with Gasteiger partial charge in [-0.3, -0.25) is 4.79 Å². The molecule has 0 radical (unpaired) electrons. The van der Waals surface area contributed by atoms with Gasteiger partial charge in [-0.05, 0) is 32.1 Å².